The highest BCUT2D eigenvalue weighted by Crippen LogP contribution is 2.00. The van der Waals surface area contributed by atoms with Crippen LogP contribution in [0.5, 0.6) is 0 Å². The molecule has 0 aliphatic rings. The fourth-order valence-electron chi connectivity index (χ4n) is 1.02. The van der Waals surface area contributed by atoms with Crippen LogP contribution in [0.4, 0.5) is 0 Å². The predicted molar refractivity (Wildman–Crippen MR) is 45.7 cm³/mol. The SMILES string of the molecule is C=CCn1nccc1CN(C)O. The largest absolute Gasteiger partial charge is 0.314 e. The molecule has 0 aliphatic heterocycles. The number of allylic oxidation sites excluding steroid dienone is 1. The van der Waals surface area contributed by atoms with Crippen LogP contribution in [0.1, 0.15) is 5.69 Å². The summed E-state index contributed by atoms with van der Waals surface area (Å²) in [4.78, 5) is 0. The zero-order chi connectivity index (χ0) is 8.97. The standard InChI is InChI=1S/C8H13N3O/c1-3-6-11-8(4-5-9-11)7-10(2)12/h3-5,12H,1,6-7H2,2H3. The minimum absolute atomic E-state index is 0.480. The van der Waals surface area contributed by atoms with Crippen LogP contribution < -0.4 is 0 Å². The van der Waals surface area contributed by atoms with Gasteiger partial charge < -0.3 is 5.21 Å². The number of rotatable bonds is 4. The Kier molecular flexibility index (Phi) is 3.01. The minimum atomic E-state index is 0.480. The van der Waals surface area contributed by atoms with Gasteiger partial charge in [0.15, 0.2) is 0 Å². The van der Waals surface area contributed by atoms with Gasteiger partial charge in [-0.3, -0.25) is 4.68 Å². The fraction of sp³-hybridized carbons (Fsp3) is 0.375. The molecule has 4 nitrogen and oxygen atoms in total. The van der Waals surface area contributed by atoms with E-state index in [-0.39, 0.29) is 0 Å². The second-order valence-electron chi connectivity index (χ2n) is 2.61. The summed E-state index contributed by atoms with van der Waals surface area (Å²) in [7, 11) is 1.60. The van der Waals surface area contributed by atoms with Crippen molar-refractivity contribution < 1.29 is 5.21 Å². The molecule has 0 spiro atoms. The molecule has 0 bridgehead atoms. The zero-order valence-electron chi connectivity index (χ0n) is 7.14. The fourth-order valence-corrected chi connectivity index (χ4v) is 1.02. The van der Waals surface area contributed by atoms with E-state index in [0.717, 1.165) is 10.8 Å². The number of hydrogen-bond acceptors (Lipinski definition) is 3. The lowest BCUT2D eigenvalue weighted by Gasteiger charge is -2.08. The van der Waals surface area contributed by atoms with Crippen molar-refractivity contribution in [3.63, 3.8) is 0 Å². The van der Waals surface area contributed by atoms with Crippen LogP contribution in [0.2, 0.25) is 0 Å². The maximum Gasteiger partial charge on any atom is 0.0655 e. The number of nitrogens with zero attached hydrogens (tertiary/aromatic N) is 3. The molecular formula is C8H13N3O. The smallest absolute Gasteiger partial charge is 0.0655 e. The lowest BCUT2D eigenvalue weighted by Crippen LogP contribution is -2.15. The van der Waals surface area contributed by atoms with Crippen LogP contribution in [-0.2, 0) is 13.1 Å². The molecule has 0 amide bonds. The summed E-state index contributed by atoms with van der Waals surface area (Å²) in [5.41, 5.74) is 0.972. The Morgan fingerprint density at radius 1 is 1.83 bits per heavy atom. The van der Waals surface area contributed by atoms with Gasteiger partial charge in [-0.05, 0) is 6.07 Å². The van der Waals surface area contributed by atoms with Crippen LogP contribution in [0.15, 0.2) is 24.9 Å². The molecule has 0 atom stereocenters. The van der Waals surface area contributed by atoms with E-state index in [1.165, 1.54) is 0 Å². The predicted octanol–water partition coefficient (Wildman–Crippen LogP) is 0.890. The van der Waals surface area contributed by atoms with E-state index in [1.807, 2.05) is 6.07 Å². The van der Waals surface area contributed by atoms with Gasteiger partial charge >= 0.3 is 0 Å². The monoisotopic (exact) mass is 167 g/mol. The van der Waals surface area contributed by atoms with E-state index in [2.05, 4.69) is 11.7 Å². The van der Waals surface area contributed by atoms with Gasteiger partial charge in [-0.15, -0.1) is 6.58 Å². The van der Waals surface area contributed by atoms with Crippen LogP contribution in [0.25, 0.3) is 0 Å². The quantitative estimate of drug-likeness (QED) is 0.535. The number of hydrogen-bond donors (Lipinski definition) is 1. The summed E-state index contributed by atoms with van der Waals surface area (Å²) in [6.45, 7) is 4.78. The molecule has 0 fully saturated rings. The first-order valence-corrected chi connectivity index (χ1v) is 3.75. The van der Waals surface area contributed by atoms with Gasteiger partial charge in [0.05, 0.1) is 18.8 Å². The maximum atomic E-state index is 8.98. The molecule has 0 aromatic carbocycles. The molecule has 0 radical (unpaired) electrons. The van der Waals surface area contributed by atoms with Gasteiger partial charge in [0, 0.05) is 13.2 Å². The van der Waals surface area contributed by atoms with Crippen molar-refractivity contribution in [1.29, 1.82) is 0 Å². The molecule has 1 rings (SSSR count). The average Bonchev–Trinajstić information content (AvgIpc) is 2.37. The second-order valence-corrected chi connectivity index (χ2v) is 2.61. The molecule has 4 heteroatoms. The summed E-state index contributed by atoms with van der Waals surface area (Å²) >= 11 is 0. The van der Waals surface area contributed by atoms with Gasteiger partial charge in [-0.2, -0.15) is 10.2 Å². The molecule has 0 saturated heterocycles. The summed E-state index contributed by atoms with van der Waals surface area (Å²) in [6, 6.07) is 1.87. The van der Waals surface area contributed by atoms with E-state index < -0.39 is 0 Å². The molecule has 0 unspecified atom stereocenters. The lowest BCUT2D eigenvalue weighted by molar-refractivity contribution is -0.0748. The van der Waals surface area contributed by atoms with Crippen LogP contribution in [-0.4, -0.2) is 27.1 Å². The van der Waals surface area contributed by atoms with Gasteiger partial charge in [-0.25, -0.2) is 0 Å². The molecule has 1 N–H and O–H groups in total. The van der Waals surface area contributed by atoms with Crippen molar-refractivity contribution in [2.24, 2.45) is 0 Å². The normalized spacial score (nSPS) is 10.6. The second kappa shape index (κ2) is 4.04. The van der Waals surface area contributed by atoms with Crippen LogP contribution >= 0.6 is 0 Å². The summed E-state index contributed by atoms with van der Waals surface area (Å²) in [5.74, 6) is 0. The Bertz CT molecular complexity index is 255. The Balaban J connectivity index is 2.69. The molecule has 12 heavy (non-hydrogen) atoms. The molecular weight excluding hydrogens is 154 g/mol. The van der Waals surface area contributed by atoms with Crippen molar-refractivity contribution in [2.75, 3.05) is 7.05 Å². The Labute approximate surface area is 71.7 Å². The Morgan fingerprint density at radius 3 is 3.17 bits per heavy atom. The number of aromatic nitrogens is 2. The lowest BCUT2D eigenvalue weighted by atomic mass is 10.4. The Hall–Kier alpha value is -1.13. The first kappa shape index (κ1) is 8.96. The highest BCUT2D eigenvalue weighted by molar-refractivity contribution is 5.00. The zero-order valence-corrected chi connectivity index (χ0v) is 7.14. The first-order valence-electron chi connectivity index (χ1n) is 3.75. The molecule has 66 valence electrons. The maximum absolute atomic E-state index is 8.98. The van der Waals surface area contributed by atoms with Crippen LogP contribution in [0.3, 0.4) is 0 Å². The molecule has 1 heterocycles. The number of hydroxylamine groups is 2. The van der Waals surface area contributed by atoms with Crippen molar-refractivity contribution in [1.82, 2.24) is 14.8 Å². The molecule has 1 aromatic heterocycles. The third kappa shape index (κ3) is 2.18. The summed E-state index contributed by atoms with van der Waals surface area (Å²) < 4.78 is 1.79. The summed E-state index contributed by atoms with van der Waals surface area (Å²) in [5, 5.41) is 14.2. The summed E-state index contributed by atoms with van der Waals surface area (Å²) in [6.07, 6.45) is 3.48. The van der Waals surface area contributed by atoms with Gasteiger partial charge in [-0.1, -0.05) is 6.08 Å². The van der Waals surface area contributed by atoms with Gasteiger partial charge in [0.25, 0.3) is 0 Å². The molecule has 1 aromatic rings. The molecule has 0 saturated carbocycles. The highest BCUT2D eigenvalue weighted by Gasteiger charge is 2.01. The van der Waals surface area contributed by atoms with Crippen molar-refractivity contribution >= 4 is 0 Å². The molecule has 0 aliphatic carbocycles. The first-order chi connectivity index (χ1) is 5.74. The van der Waals surface area contributed by atoms with Crippen LogP contribution in [0, 0.1) is 0 Å². The van der Waals surface area contributed by atoms with E-state index in [1.54, 1.807) is 24.0 Å². The van der Waals surface area contributed by atoms with E-state index >= 15 is 0 Å². The van der Waals surface area contributed by atoms with Crippen molar-refractivity contribution in [3.05, 3.63) is 30.6 Å². The van der Waals surface area contributed by atoms with Crippen molar-refractivity contribution in [2.45, 2.75) is 13.1 Å². The van der Waals surface area contributed by atoms with Gasteiger partial charge in [0.2, 0.25) is 0 Å². The van der Waals surface area contributed by atoms with E-state index in [0.29, 0.717) is 13.1 Å². The third-order valence-corrected chi connectivity index (χ3v) is 1.50. The van der Waals surface area contributed by atoms with Crippen molar-refractivity contribution in [3.8, 4) is 0 Å². The Morgan fingerprint density at radius 2 is 2.58 bits per heavy atom. The average molecular weight is 167 g/mol. The minimum Gasteiger partial charge on any atom is -0.314 e. The van der Waals surface area contributed by atoms with E-state index in [9.17, 15) is 0 Å². The van der Waals surface area contributed by atoms with Gasteiger partial charge in [0.1, 0.15) is 0 Å². The highest BCUT2D eigenvalue weighted by atomic mass is 16.5. The topological polar surface area (TPSA) is 41.3 Å². The third-order valence-electron chi connectivity index (χ3n) is 1.50. The van der Waals surface area contributed by atoms with E-state index in [4.69, 9.17) is 5.21 Å².